The first-order valence-electron chi connectivity index (χ1n) is 11.9. The molecule has 0 aromatic heterocycles. The minimum absolute atomic E-state index is 0.0731. The molecule has 1 unspecified atom stereocenters. The monoisotopic (exact) mass is 518 g/mol. The van der Waals surface area contributed by atoms with Crippen LogP contribution < -0.4 is 9.64 Å². The van der Waals surface area contributed by atoms with Gasteiger partial charge in [0.15, 0.2) is 0 Å². The van der Waals surface area contributed by atoms with Gasteiger partial charge >= 0.3 is 12.1 Å². The third kappa shape index (κ3) is 4.72. The van der Waals surface area contributed by atoms with Gasteiger partial charge in [0, 0.05) is 43.0 Å². The van der Waals surface area contributed by atoms with Gasteiger partial charge in [-0.05, 0) is 49.8 Å². The van der Waals surface area contributed by atoms with Gasteiger partial charge in [-0.2, -0.15) is 8.78 Å². The maximum atomic E-state index is 13.0. The number of anilines is 1. The van der Waals surface area contributed by atoms with E-state index in [9.17, 15) is 23.5 Å². The van der Waals surface area contributed by atoms with E-state index >= 15 is 0 Å². The molecule has 0 radical (unpaired) electrons. The SMILES string of the molecule is CC1(C)c2ccccc2N(CCN(CCC(=O)F)CCC(=O)F)C12C=Cc1cc(O)cc(CCl)c1O2. The molecule has 2 aliphatic heterocycles. The Balaban J connectivity index is 1.71. The highest BCUT2D eigenvalue weighted by Crippen LogP contribution is 2.55. The van der Waals surface area contributed by atoms with Crippen LogP contribution in [-0.2, 0) is 20.9 Å². The van der Waals surface area contributed by atoms with Crippen LogP contribution in [0.4, 0.5) is 14.5 Å². The number of para-hydroxylation sites is 1. The predicted octanol–water partition coefficient (Wildman–Crippen LogP) is 5.11. The smallest absolute Gasteiger partial charge is 0.302 e. The number of alkyl halides is 1. The molecule has 9 heteroatoms. The number of fused-ring (bicyclic) bond motifs is 2. The zero-order chi connectivity index (χ0) is 26.1. The first-order chi connectivity index (χ1) is 17.1. The Bertz CT molecular complexity index is 1180. The summed E-state index contributed by atoms with van der Waals surface area (Å²) in [6, 6.07) is 8.24. The molecule has 0 bridgehead atoms. The second kappa shape index (κ2) is 10.2. The standard InChI is InChI=1S/C27H29ClF2N2O4/c1-26(2)21-5-3-4-6-22(21)32(14-13-31(11-8-23(29)34)12-9-24(30)35)27(26)10-7-18-15-20(33)16-19(17-28)25(18)36-27/h3-7,10,15-16,33H,8-9,11-14,17H2,1-2H3. The molecule has 192 valence electrons. The zero-order valence-corrected chi connectivity index (χ0v) is 21.0. The largest absolute Gasteiger partial charge is 0.508 e. The number of benzene rings is 2. The van der Waals surface area contributed by atoms with Gasteiger partial charge < -0.3 is 19.6 Å². The number of carbonyl (C=O) groups excluding carboxylic acids is 2. The number of hydrogen-bond acceptors (Lipinski definition) is 6. The Kier molecular flexibility index (Phi) is 7.38. The van der Waals surface area contributed by atoms with Gasteiger partial charge in [-0.25, -0.2) is 0 Å². The second-order valence-electron chi connectivity index (χ2n) is 9.63. The van der Waals surface area contributed by atoms with Crippen LogP contribution in [0.25, 0.3) is 6.08 Å². The Hall–Kier alpha value is -2.97. The quantitative estimate of drug-likeness (QED) is 0.348. The minimum Gasteiger partial charge on any atom is -0.508 e. The lowest BCUT2D eigenvalue weighted by atomic mass is 9.76. The van der Waals surface area contributed by atoms with Crippen molar-refractivity contribution < 1.29 is 28.2 Å². The third-order valence-corrected chi connectivity index (χ3v) is 7.41. The highest BCUT2D eigenvalue weighted by atomic mass is 35.5. The number of phenols is 1. The van der Waals surface area contributed by atoms with E-state index in [4.69, 9.17) is 16.3 Å². The fourth-order valence-electron chi connectivity index (χ4n) is 5.22. The Morgan fingerprint density at radius 1 is 1.08 bits per heavy atom. The molecule has 1 N–H and O–H groups in total. The number of phenolic OH excluding ortho intramolecular Hbond substituents is 1. The van der Waals surface area contributed by atoms with Crippen molar-refractivity contribution in [2.45, 2.75) is 43.7 Å². The van der Waals surface area contributed by atoms with Crippen molar-refractivity contribution in [1.82, 2.24) is 4.90 Å². The second-order valence-corrected chi connectivity index (χ2v) is 9.90. The van der Waals surface area contributed by atoms with Gasteiger partial charge in [0.05, 0.1) is 24.1 Å². The number of aromatic hydroxyl groups is 1. The molecule has 1 spiro atoms. The summed E-state index contributed by atoms with van der Waals surface area (Å²) in [5, 5.41) is 10.1. The molecule has 2 aliphatic rings. The fraction of sp³-hybridized carbons (Fsp3) is 0.407. The average molecular weight is 519 g/mol. The lowest BCUT2D eigenvalue weighted by molar-refractivity contribution is -0.129. The van der Waals surface area contributed by atoms with Crippen LogP contribution in [0.2, 0.25) is 0 Å². The van der Waals surface area contributed by atoms with E-state index in [0.29, 0.717) is 30.0 Å². The lowest BCUT2D eigenvalue weighted by Gasteiger charge is -2.48. The molecule has 1 atom stereocenters. The fourth-order valence-corrected chi connectivity index (χ4v) is 5.42. The number of rotatable bonds is 10. The van der Waals surface area contributed by atoms with E-state index < -0.39 is 23.2 Å². The van der Waals surface area contributed by atoms with E-state index in [2.05, 4.69) is 18.7 Å². The molecule has 6 nitrogen and oxygen atoms in total. The number of ether oxygens (including phenoxy) is 1. The van der Waals surface area contributed by atoms with Crippen molar-refractivity contribution in [3.05, 3.63) is 59.2 Å². The molecule has 2 aromatic carbocycles. The number of halogens is 3. The van der Waals surface area contributed by atoms with Crippen molar-refractivity contribution in [3.8, 4) is 11.5 Å². The van der Waals surface area contributed by atoms with Crippen molar-refractivity contribution in [1.29, 1.82) is 0 Å². The van der Waals surface area contributed by atoms with Crippen molar-refractivity contribution in [2.75, 3.05) is 31.1 Å². The van der Waals surface area contributed by atoms with Gasteiger partial charge in [-0.1, -0.05) is 18.2 Å². The summed E-state index contributed by atoms with van der Waals surface area (Å²) >= 11 is 6.20. The number of nitrogens with zero attached hydrogens (tertiary/aromatic N) is 2. The normalized spacial score (nSPS) is 19.3. The molecule has 0 fully saturated rings. The molecule has 4 rings (SSSR count). The van der Waals surface area contributed by atoms with Gasteiger partial charge in [0.2, 0.25) is 5.72 Å². The molecule has 0 saturated carbocycles. The van der Waals surface area contributed by atoms with Gasteiger partial charge in [0.25, 0.3) is 0 Å². The van der Waals surface area contributed by atoms with Gasteiger partial charge in [0.1, 0.15) is 11.5 Å². The van der Waals surface area contributed by atoms with Gasteiger partial charge in [-0.3, -0.25) is 9.59 Å². The molecule has 0 amide bonds. The van der Waals surface area contributed by atoms with Gasteiger partial charge in [-0.15, -0.1) is 11.6 Å². The Morgan fingerprint density at radius 2 is 1.75 bits per heavy atom. The van der Waals surface area contributed by atoms with E-state index in [1.54, 1.807) is 17.0 Å². The van der Waals surface area contributed by atoms with Crippen LogP contribution >= 0.6 is 11.6 Å². The van der Waals surface area contributed by atoms with Crippen LogP contribution in [0.1, 0.15) is 43.4 Å². The van der Waals surface area contributed by atoms with E-state index in [1.807, 2.05) is 36.4 Å². The molecule has 0 aliphatic carbocycles. The average Bonchev–Trinajstić information content (AvgIpc) is 3.01. The maximum Gasteiger partial charge on any atom is 0.302 e. The van der Waals surface area contributed by atoms with Crippen molar-refractivity contribution in [2.24, 2.45) is 0 Å². The van der Waals surface area contributed by atoms with Crippen molar-refractivity contribution in [3.63, 3.8) is 0 Å². The van der Waals surface area contributed by atoms with Crippen LogP contribution in [-0.4, -0.2) is 54.0 Å². The summed E-state index contributed by atoms with van der Waals surface area (Å²) in [5.41, 5.74) is 1.91. The zero-order valence-electron chi connectivity index (χ0n) is 20.3. The van der Waals surface area contributed by atoms with E-state index in [-0.39, 0.29) is 37.6 Å². The van der Waals surface area contributed by atoms with Crippen LogP contribution in [0.5, 0.6) is 11.5 Å². The topological polar surface area (TPSA) is 70.1 Å². The summed E-state index contributed by atoms with van der Waals surface area (Å²) in [7, 11) is 0. The summed E-state index contributed by atoms with van der Waals surface area (Å²) in [6.07, 6.45) is 3.21. The highest BCUT2D eigenvalue weighted by Gasteiger charge is 2.58. The summed E-state index contributed by atoms with van der Waals surface area (Å²) in [4.78, 5) is 25.7. The predicted molar refractivity (Wildman–Crippen MR) is 135 cm³/mol. The number of carbonyl (C=O) groups is 2. The van der Waals surface area contributed by atoms with Crippen LogP contribution in [0.15, 0.2) is 42.5 Å². The van der Waals surface area contributed by atoms with Crippen LogP contribution in [0.3, 0.4) is 0 Å². The van der Waals surface area contributed by atoms with Crippen molar-refractivity contribution >= 4 is 35.4 Å². The molecule has 2 heterocycles. The van der Waals surface area contributed by atoms with Crippen LogP contribution in [0, 0.1) is 0 Å². The molecule has 0 saturated heterocycles. The number of hydrogen-bond donors (Lipinski definition) is 1. The van der Waals surface area contributed by atoms with E-state index in [1.165, 1.54) is 0 Å². The lowest BCUT2D eigenvalue weighted by Crippen LogP contribution is -2.60. The third-order valence-electron chi connectivity index (χ3n) is 7.12. The summed E-state index contributed by atoms with van der Waals surface area (Å²) in [5.74, 6) is 0.829. The maximum absolute atomic E-state index is 13.0. The molecule has 2 aromatic rings. The summed E-state index contributed by atoms with van der Waals surface area (Å²) in [6.45, 7) is 5.06. The summed E-state index contributed by atoms with van der Waals surface area (Å²) < 4.78 is 32.7. The van der Waals surface area contributed by atoms with E-state index in [0.717, 1.165) is 11.3 Å². The Labute approximate surface area is 214 Å². The minimum atomic E-state index is -1.46. The molecular weight excluding hydrogens is 490 g/mol. The molecule has 36 heavy (non-hydrogen) atoms. The molecular formula is C27H29ClF2N2O4. The highest BCUT2D eigenvalue weighted by molar-refractivity contribution is 6.17. The first kappa shape index (κ1) is 26.1. The first-order valence-corrected chi connectivity index (χ1v) is 12.4. The Morgan fingerprint density at radius 3 is 2.39 bits per heavy atom.